The molecule has 2 aromatic heterocycles. The lowest BCUT2D eigenvalue weighted by molar-refractivity contribution is 0.0734. The van der Waals surface area contributed by atoms with Crippen molar-refractivity contribution >= 4 is 17.2 Å². The van der Waals surface area contributed by atoms with Crippen LogP contribution in [0.25, 0.3) is 0 Å². The van der Waals surface area contributed by atoms with Crippen LogP contribution in [0.5, 0.6) is 0 Å². The van der Waals surface area contributed by atoms with E-state index in [0.717, 1.165) is 28.3 Å². The average Bonchev–Trinajstić information content (AvgIpc) is 3.19. The van der Waals surface area contributed by atoms with Crippen molar-refractivity contribution < 1.29 is 4.79 Å². The van der Waals surface area contributed by atoms with Crippen LogP contribution in [0.1, 0.15) is 53.9 Å². The fourth-order valence-electron chi connectivity index (χ4n) is 2.30. The van der Waals surface area contributed by atoms with Crippen molar-refractivity contribution in [3.8, 4) is 0 Å². The number of carbonyl (C=O) groups is 1. The van der Waals surface area contributed by atoms with E-state index < -0.39 is 0 Å². The van der Waals surface area contributed by atoms with Crippen LogP contribution < -0.4 is 0 Å². The van der Waals surface area contributed by atoms with E-state index in [9.17, 15) is 4.79 Å². The molecule has 5 heteroatoms. The van der Waals surface area contributed by atoms with E-state index in [2.05, 4.69) is 30.7 Å². The van der Waals surface area contributed by atoms with Crippen molar-refractivity contribution in [2.75, 3.05) is 0 Å². The van der Waals surface area contributed by atoms with Gasteiger partial charge < -0.3 is 4.90 Å². The first-order chi connectivity index (χ1) is 10.4. The molecule has 0 spiro atoms. The fourth-order valence-corrected chi connectivity index (χ4v) is 3.23. The Morgan fingerprint density at radius 2 is 2.14 bits per heavy atom. The highest BCUT2D eigenvalue weighted by Crippen LogP contribution is 2.32. The molecule has 0 N–H and O–H groups in total. The third kappa shape index (κ3) is 3.35. The fraction of sp³-hybridized carbons (Fsp3) is 0.471. The first kappa shape index (κ1) is 15.2. The molecule has 1 saturated carbocycles. The maximum atomic E-state index is 12.8. The lowest BCUT2D eigenvalue weighted by Gasteiger charge is -2.21. The molecule has 1 fully saturated rings. The Hall–Kier alpha value is -1.75. The predicted molar refractivity (Wildman–Crippen MR) is 87.9 cm³/mol. The summed E-state index contributed by atoms with van der Waals surface area (Å²) in [4.78, 5) is 24.1. The van der Waals surface area contributed by atoms with Crippen LogP contribution in [0, 0.1) is 0 Å². The lowest BCUT2D eigenvalue weighted by Crippen LogP contribution is -2.32. The smallest absolute Gasteiger partial charge is 0.266 e. The van der Waals surface area contributed by atoms with Crippen molar-refractivity contribution in [1.29, 1.82) is 0 Å². The monoisotopic (exact) mass is 315 g/mol. The minimum atomic E-state index is -0.0169. The second-order valence-corrected chi connectivity index (χ2v) is 7.84. The molecule has 4 nitrogen and oxygen atoms in total. The largest absolute Gasteiger partial charge is 0.331 e. The van der Waals surface area contributed by atoms with Gasteiger partial charge in [0, 0.05) is 30.4 Å². The van der Waals surface area contributed by atoms with E-state index in [1.807, 2.05) is 23.2 Å². The number of hydrogen-bond donors (Lipinski definition) is 0. The molecule has 1 aliphatic carbocycles. The summed E-state index contributed by atoms with van der Waals surface area (Å²) in [6.45, 7) is 6.98. The highest BCUT2D eigenvalue weighted by molar-refractivity contribution is 7.13. The van der Waals surface area contributed by atoms with E-state index in [1.165, 1.54) is 11.3 Å². The van der Waals surface area contributed by atoms with Gasteiger partial charge in [-0.25, -0.2) is 4.98 Å². The van der Waals surface area contributed by atoms with Crippen LogP contribution in [0.15, 0.2) is 30.7 Å². The number of carbonyl (C=O) groups excluding carboxylic acids is 1. The molecule has 0 radical (unpaired) electrons. The van der Waals surface area contributed by atoms with Crippen molar-refractivity contribution in [3.05, 3.63) is 46.2 Å². The topological polar surface area (TPSA) is 46.1 Å². The first-order valence-electron chi connectivity index (χ1n) is 7.61. The second-order valence-electron chi connectivity index (χ2n) is 6.81. The van der Waals surface area contributed by atoms with Crippen LogP contribution in [-0.2, 0) is 12.0 Å². The summed E-state index contributed by atoms with van der Waals surface area (Å²) < 4.78 is 0. The lowest BCUT2D eigenvalue weighted by atomic mass is 9.98. The first-order valence-corrected chi connectivity index (χ1v) is 8.43. The number of amides is 1. The summed E-state index contributed by atoms with van der Waals surface area (Å²) in [5, 5.41) is 1.01. The van der Waals surface area contributed by atoms with E-state index >= 15 is 0 Å². The van der Waals surface area contributed by atoms with Gasteiger partial charge in [0.05, 0.1) is 11.2 Å². The van der Waals surface area contributed by atoms with Gasteiger partial charge in [-0.15, -0.1) is 11.3 Å². The van der Waals surface area contributed by atoms with Gasteiger partial charge in [0.15, 0.2) is 0 Å². The van der Waals surface area contributed by atoms with Crippen molar-refractivity contribution in [2.24, 2.45) is 0 Å². The summed E-state index contributed by atoms with van der Waals surface area (Å²) >= 11 is 1.51. The maximum absolute atomic E-state index is 12.8. The van der Waals surface area contributed by atoms with Crippen molar-refractivity contribution in [3.63, 3.8) is 0 Å². The van der Waals surface area contributed by atoms with E-state index in [4.69, 9.17) is 0 Å². The molecule has 0 atom stereocenters. The number of aromatic nitrogens is 2. The predicted octanol–water partition coefficient (Wildman–Crippen LogP) is 3.64. The molecule has 0 saturated heterocycles. The Bertz CT molecular complexity index is 656. The third-order valence-electron chi connectivity index (χ3n) is 3.68. The quantitative estimate of drug-likeness (QED) is 0.865. The van der Waals surface area contributed by atoms with Gasteiger partial charge in [-0.3, -0.25) is 9.78 Å². The minimum Gasteiger partial charge on any atom is -0.331 e. The summed E-state index contributed by atoms with van der Waals surface area (Å²) in [5.74, 6) is 0.0966. The normalized spacial score (nSPS) is 14.9. The van der Waals surface area contributed by atoms with E-state index in [-0.39, 0.29) is 11.3 Å². The highest BCUT2D eigenvalue weighted by atomic mass is 32.1. The highest BCUT2D eigenvalue weighted by Gasteiger charge is 2.34. The summed E-state index contributed by atoms with van der Waals surface area (Å²) in [7, 11) is 0. The molecule has 0 aliphatic heterocycles. The number of hydrogen-bond acceptors (Lipinski definition) is 4. The van der Waals surface area contributed by atoms with Gasteiger partial charge in [0.2, 0.25) is 0 Å². The molecule has 0 aromatic carbocycles. The maximum Gasteiger partial charge on any atom is 0.266 e. The average molecular weight is 315 g/mol. The Labute approximate surface area is 135 Å². The Morgan fingerprint density at radius 3 is 2.68 bits per heavy atom. The molecule has 3 rings (SSSR count). The van der Waals surface area contributed by atoms with Crippen LogP contribution in [0.4, 0.5) is 0 Å². The number of pyridine rings is 1. The number of rotatable bonds is 4. The molecule has 2 heterocycles. The van der Waals surface area contributed by atoms with Crippen LogP contribution in [0.3, 0.4) is 0 Å². The van der Waals surface area contributed by atoms with Gasteiger partial charge in [0.1, 0.15) is 4.88 Å². The molecule has 0 bridgehead atoms. The van der Waals surface area contributed by atoms with Crippen molar-refractivity contribution in [1.82, 2.24) is 14.9 Å². The van der Waals surface area contributed by atoms with Crippen LogP contribution in [-0.4, -0.2) is 26.8 Å². The van der Waals surface area contributed by atoms with Gasteiger partial charge in [-0.05, 0) is 24.5 Å². The molecule has 0 unspecified atom stereocenters. The zero-order valence-electron chi connectivity index (χ0n) is 13.2. The molecule has 22 heavy (non-hydrogen) atoms. The molecule has 116 valence electrons. The molecular weight excluding hydrogens is 294 g/mol. The van der Waals surface area contributed by atoms with Gasteiger partial charge in [0.25, 0.3) is 5.91 Å². The van der Waals surface area contributed by atoms with Gasteiger partial charge >= 0.3 is 0 Å². The Balaban J connectivity index is 1.80. The summed E-state index contributed by atoms with van der Waals surface area (Å²) in [5.41, 5.74) is 1.06. The van der Waals surface area contributed by atoms with E-state index in [0.29, 0.717) is 12.6 Å². The zero-order valence-corrected chi connectivity index (χ0v) is 14.1. The van der Waals surface area contributed by atoms with Crippen LogP contribution in [0.2, 0.25) is 0 Å². The Kier molecular flexibility index (Phi) is 4.00. The minimum absolute atomic E-state index is 0.0169. The van der Waals surface area contributed by atoms with Gasteiger partial charge in [-0.2, -0.15) is 0 Å². The Morgan fingerprint density at radius 1 is 1.36 bits per heavy atom. The SMILES string of the molecule is CC(C)(C)c1ncc(C(=O)N(Cc2cccnc2)C2CC2)s1. The standard InChI is InChI=1S/C17H21N3OS/c1-17(2,3)16-19-10-14(22-16)15(21)20(13-6-7-13)11-12-5-4-8-18-9-12/h4-5,8-10,13H,6-7,11H2,1-3H3. The molecule has 1 aliphatic rings. The number of nitrogens with zero attached hydrogens (tertiary/aromatic N) is 3. The summed E-state index contributed by atoms with van der Waals surface area (Å²) in [6.07, 6.45) is 7.50. The third-order valence-corrected chi connectivity index (χ3v) is 5.09. The molecular formula is C17H21N3OS. The zero-order chi connectivity index (χ0) is 15.7. The molecule has 2 aromatic rings. The number of thiazole rings is 1. The van der Waals surface area contributed by atoms with Crippen molar-refractivity contribution in [2.45, 2.75) is 51.6 Å². The van der Waals surface area contributed by atoms with Gasteiger partial charge in [-0.1, -0.05) is 26.8 Å². The second kappa shape index (κ2) is 5.80. The summed E-state index contributed by atoms with van der Waals surface area (Å²) in [6, 6.07) is 4.30. The van der Waals surface area contributed by atoms with Crippen LogP contribution >= 0.6 is 11.3 Å². The molecule has 1 amide bonds. The van der Waals surface area contributed by atoms with E-state index in [1.54, 1.807) is 12.4 Å².